The van der Waals surface area contributed by atoms with Crippen LogP contribution in [-0.2, 0) is 6.54 Å². The van der Waals surface area contributed by atoms with Gasteiger partial charge in [0.15, 0.2) is 0 Å². The Bertz CT molecular complexity index is 1450. The molecule has 174 valence electrons. The van der Waals surface area contributed by atoms with E-state index in [-0.39, 0.29) is 17.8 Å². The molecule has 0 saturated carbocycles. The van der Waals surface area contributed by atoms with E-state index in [2.05, 4.69) is 109 Å². The van der Waals surface area contributed by atoms with E-state index in [0.29, 0.717) is 0 Å². The third kappa shape index (κ3) is 5.67. The first-order valence-electron chi connectivity index (χ1n) is 12.3. The number of rotatable bonds is 8. The lowest BCUT2D eigenvalue weighted by Gasteiger charge is -2.25. The van der Waals surface area contributed by atoms with Crippen molar-refractivity contribution in [2.75, 3.05) is 0 Å². The number of nitrogens with one attached hydrogen (secondary N) is 1. The van der Waals surface area contributed by atoms with Crippen LogP contribution in [0.1, 0.15) is 36.0 Å². The van der Waals surface area contributed by atoms with Crippen LogP contribution < -0.4 is 5.32 Å². The van der Waals surface area contributed by atoms with E-state index < -0.39 is 0 Å². The van der Waals surface area contributed by atoms with E-state index in [4.69, 9.17) is 0 Å². The van der Waals surface area contributed by atoms with Crippen molar-refractivity contribution in [2.24, 2.45) is 0 Å². The Morgan fingerprint density at radius 1 is 0.714 bits per heavy atom. The van der Waals surface area contributed by atoms with Gasteiger partial charge in [-0.05, 0) is 75.8 Å². The van der Waals surface area contributed by atoms with Crippen molar-refractivity contribution in [2.45, 2.75) is 31.8 Å². The van der Waals surface area contributed by atoms with Crippen LogP contribution in [0, 0.1) is 5.82 Å². The smallest absolute Gasteiger partial charge is 0.123 e. The Labute approximate surface area is 206 Å². The van der Waals surface area contributed by atoms with Crippen LogP contribution in [0.4, 0.5) is 4.39 Å². The van der Waals surface area contributed by atoms with Gasteiger partial charge in [-0.25, -0.2) is 4.39 Å². The monoisotopic (exact) mass is 459 g/mol. The molecule has 1 N–H and O–H groups in total. The predicted octanol–water partition coefficient (Wildman–Crippen LogP) is 8.50. The Morgan fingerprint density at radius 2 is 1.34 bits per heavy atom. The summed E-state index contributed by atoms with van der Waals surface area (Å²) >= 11 is 0. The molecule has 0 aliphatic carbocycles. The quantitative estimate of drug-likeness (QED) is 0.245. The molecule has 0 aliphatic rings. The minimum absolute atomic E-state index is 0.198. The Balaban J connectivity index is 1.31. The molecule has 5 rings (SSSR count). The lowest BCUT2D eigenvalue weighted by atomic mass is 9.88. The highest BCUT2D eigenvalue weighted by Crippen LogP contribution is 2.26. The molecule has 0 bridgehead atoms. The second-order valence-corrected chi connectivity index (χ2v) is 9.25. The lowest BCUT2D eigenvalue weighted by Crippen LogP contribution is -2.31. The fraction of sp³-hybridized carbons (Fsp3) is 0.152. The minimum atomic E-state index is -0.198. The number of halogens is 1. The topological polar surface area (TPSA) is 12.0 Å². The molecule has 5 aromatic rings. The van der Waals surface area contributed by atoms with Gasteiger partial charge >= 0.3 is 0 Å². The maximum absolute atomic E-state index is 13.6. The number of hydrogen-bond donors (Lipinski definition) is 1. The van der Waals surface area contributed by atoms with Gasteiger partial charge in [-0.15, -0.1) is 0 Å². The number of allylic oxidation sites excluding steroid dienone is 1. The van der Waals surface area contributed by atoms with Gasteiger partial charge in [0.05, 0.1) is 0 Å². The van der Waals surface area contributed by atoms with Crippen LogP contribution in [0.5, 0.6) is 0 Å². The zero-order valence-corrected chi connectivity index (χ0v) is 20.0. The van der Waals surface area contributed by atoms with E-state index in [9.17, 15) is 4.39 Å². The van der Waals surface area contributed by atoms with Gasteiger partial charge in [-0.1, -0.05) is 97.1 Å². The standard InChI is InChI=1S/C33H30FN/c1-24(35-23-26-14-16-28-9-3-5-11-31(28)22-26)33(29-17-19-32(34)20-18-29)12-6-7-25-13-15-27-8-2-4-10-30(27)21-25/h2-11,13-22,24,33,35H,12,23H2,1H3. The van der Waals surface area contributed by atoms with Crippen LogP contribution in [0.3, 0.4) is 0 Å². The summed E-state index contributed by atoms with van der Waals surface area (Å²) in [5.41, 5.74) is 3.60. The molecule has 0 saturated heterocycles. The van der Waals surface area contributed by atoms with Crippen molar-refractivity contribution in [1.29, 1.82) is 0 Å². The minimum Gasteiger partial charge on any atom is -0.310 e. The van der Waals surface area contributed by atoms with Crippen molar-refractivity contribution >= 4 is 27.6 Å². The average molecular weight is 460 g/mol. The van der Waals surface area contributed by atoms with Gasteiger partial charge in [-0.3, -0.25) is 0 Å². The number of hydrogen-bond acceptors (Lipinski definition) is 1. The molecule has 0 aliphatic heterocycles. The van der Waals surface area contributed by atoms with Gasteiger partial charge in [0.25, 0.3) is 0 Å². The molecule has 5 aromatic carbocycles. The molecule has 0 radical (unpaired) electrons. The first-order chi connectivity index (χ1) is 17.2. The van der Waals surface area contributed by atoms with E-state index in [1.807, 2.05) is 12.1 Å². The lowest BCUT2D eigenvalue weighted by molar-refractivity contribution is 0.460. The van der Waals surface area contributed by atoms with Crippen molar-refractivity contribution in [3.05, 3.63) is 138 Å². The van der Waals surface area contributed by atoms with Gasteiger partial charge < -0.3 is 5.32 Å². The van der Waals surface area contributed by atoms with Gasteiger partial charge in [0, 0.05) is 18.5 Å². The van der Waals surface area contributed by atoms with Gasteiger partial charge in [-0.2, -0.15) is 0 Å². The zero-order valence-electron chi connectivity index (χ0n) is 20.0. The van der Waals surface area contributed by atoms with Gasteiger partial charge in [0.2, 0.25) is 0 Å². The third-order valence-corrected chi connectivity index (χ3v) is 6.82. The van der Waals surface area contributed by atoms with E-state index in [1.54, 1.807) is 12.1 Å². The maximum atomic E-state index is 13.6. The first kappa shape index (κ1) is 23.0. The van der Waals surface area contributed by atoms with Crippen molar-refractivity contribution in [3.8, 4) is 0 Å². The second-order valence-electron chi connectivity index (χ2n) is 9.25. The average Bonchev–Trinajstić information content (AvgIpc) is 2.90. The highest BCUT2D eigenvalue weighted by molar-refractivity contribution is 5.84. The second kappa shape index (κ2) is 10.7. The highest BCUT2D eigenvalue weighted by Gasteiger charge is 2.18. The molecule has 2 heteroatoms. The van der Waals surface area contributed by atoms with Gasteiger partial charge in [0.1, 0.15) is 5.82 Å². The zero-order chi connectivity index (χ0) is 24.0. The molecular weight excluding hydrogens is 429 g/mol. The van der Waals surface area contributed by atoms with Crippen molar-refractivity contribution in [1.82, 2.24) is 5.32 Å². The predicted molar refractivity (Wildman–Crippen MR) is 147 cm³/mol. The molecule has 0 amide bonds. The molecule has 35 heavy (non-hydrogen) atoms. The number of fused-ring (bicyclic) bond motifs is 2. The SMILES string of the molecule is CC(NCc1ccc2ccccc2c1)C(CC=Cc1ccc2ccccc2c1)c1ccc(F)cc1. The third-order valence-electron chi connectivity index (χ3n) is 6.82. The molecule has 0 aromatic heterocycles. The summed E-state index contributed by atoms with van der Waals surface area (Å²) in [4.78, 5) is 0. The summed E-state index contributed by atoms with van der Waals surface area (Å²) in [7, 11) is 0. The fourth-order valence-corrected chi connectivity index (χ4v) is 4.77. The molecular formula is C33H30FN. The number of benzene rings is 5. The Hall–Kier alpha value is -3.75. The molecule has 0 heterocycles. The van der Waals surface area contributed by atoms with E-state index in [0.717, 1.165) is 18.5 Å². The van der Waals surface area contributed by atoms with E-state index in [1.165, 1.54) is 32.7 Å². The molecule has 0 spiro atoms. The summed E-state index contributed by atoms with van der Waals surface area (Å²) < 4.78 is 13.6. The molecule has 2 unspecified atom stereocenters. The normalized spacial score (nSPS) is 13.4. The first-order valence-corrected chi connectivity index (χ1v) is 12.3. The summed E-state index contributed by atoms with van der Waals surface area (Å²) in [6, 6.07) is 37.2. The molecule has 1 nitrogen and oxygen atoms in total. The largest absolute Gasteiger partial charge is 0.310 e. The fourth-order valence-electron chi connectivity index (χ4n) is 4.77. The highest BCUT2D eigenvalue weighted by atomic mass is 19.1. The maximum Gasteiger partial charge on any atom is 0.123 e. The van der Waals surface area contributed by atoms with Crippen molar-refractivity contribution < 1.29 is 4.39 Å². The summed E-state index contributed by atoms with van der Waals surface area (Å²) in [6.45, 7) is 3.01. The van der Waals surface area contributed by atoms with Crippen LogP contribution in [0.2, 0.25) is 0 Å². The van der Waals surface area contributed by atoms with E-state index >= 15 is 0 Å². The Morgan fingerprint density at radius 3 is 2.06 bits per heavy atom. The molecule has 2 atom stereocenters. The summed E-state index contributed by atoms with van der Waals surface area (Å²) in [5, 5.41) is 8.73. The Kier molecular flexibility index (Phi) is 7.02. The van der Waals surface area contributed by atoms with Crippen LogP contribution in [0.15, 0.2) is 115 Å². The summed E-state index contributed by atoms with van der Waals surface area (Å²) in [5.74, 6) is 0.0312. The van der Waals surface area contributed by atoms with Crippen LogP contribution >= 0.6 is 0 Å². The van der Waals surface area contributed by atoms with Crippen molar-refractivity contribution in [3.63, 3.8) is 0 Å². The summed E-state index contributed by atoms with van der Waals surface area (Å²) in [6.07, 6.45) is 5.30. The van der Waals surface area contributed by atoms with Crippen LogP contribution in [0.25, 0.3) is 27.6 Å². The molecule has 0 fully saturated rings. The van der Waals surface area contributed by atoms with Crippen LogP contribution in [-0.4, -0.2) is 6.04 Å².